The summed E-state index contributed by atoms with van der Waals surface area (Å²) in [5, 5.41) is 12.0. The summed E-state index contributed by atoms with van der Waals surface area (Å²) in [7, 11) is 0. The predicted octanol–water partition coefficient (Wildman–Crippen LogP) is 2.52. The Balaban J connectivity index is 2.31. The minimum absolute atomic E-state index is 0.0198. The molecule has 0 saturated heterocycles. The third-order valence-corrected chi connectivity index (χ3v) is 2.06. The summed E-state index contributed by atoms with van der Waals surface area (Å²) in [6, 6.07) is 12.7. The van der Waals surface area contributed by atoms with E-state index in [2.05, 4.69) is 10.3 Å². The van der Waals surface area contributed by atoms with E-state index < -0.39 is 5.97 Å². The zero-order valence-electron chi connectivity index (χ0n) is 8.42. The molecule has 2 N–H and O–H groups in total. The van der Waals surface area contributed by atoms with Gasteiger partial charge in [0.15, 0.2) is 5.69 Å². The van der Waals surface area contributed by atoms with Crippen molar-refractivity contribution in [2.45, 2.75) is 0 Å². The van der Waals surface area contributed by atoms with Gasteiger partial charge < -0.3 is 10.4 Å². The summed E-state index contributed by atoms with van der Waals surface area (Å²) in [6.45, 7) is 0. The number of rotatable bonds is 3. The number of carboxylic acid groups (broad SMARTS) is 1. The maximum Gasteiger partial charge on any atom is 0.356 e. The van der Waals surface area contributed by atoms with Crippen LogP contribution < -0.4 is 5.32 Å². The van der Waals surface area contributed by atoms with Crippen LogP contribution in [0, 0.1) is 0 Å². The van der Waals surface area contributed by atoms with Gasteiger partial charge in [0.2, 0.25) is 0 Å². The lowest BCUT2D eigenvalue weighted by Gasteiger charge is -2.07. The van der Waals surface area contributed by atoms with Gasteiger partial charge in [0.05, 0.1) is 5.69 Å². The fraction of sp³-hybridized carbons (Fsp3) is 0. The average Bonchev–Trinajstić information content (AvgIpc) is 2.31. The third kappa shape index (κ3) is 2.17. The summed E-state index contributed by atoms with van der Waals surface area (Å²) in [5.41, 5.74) is 1.34. The number of aromatic carboxylic acids is 1. The Bertz CT molecular complexity index is 497. The first-order valence-electron chi connectivity index (χ1n) is 4.78. The van der Waals surface area contributed by atoms with E-state index in [1.807, 2.05) is 30.3 Å². The molecular formula is C12H10N2O2. The van der Waals surface area contributed by atoms with E-state index in [1.54, 1.807) is 12.1 Å². The molecule has 4 heteroatoms. The molecule has 0 aliphatic rings. The number of carboxylic acids is 1. The van der Waals surface area contributed by atoms with Crippen molar-refractivity contribution in [2.75, 3.05) is 5.32 Å². The molecule has 0 amide bonds. The SMILES string of the molecule is O=C(O)c1ncccc1Nc1ccccc1. The van der Waals surface area contributed by atoms with Crippen LogP contribution in [0.25, 0.3) is 0 Å². The van der Waals surface area contributed by atoms with Crippen molar-refractivity contribution in [1.82, 2.24) is 4.98 Å². The predicted molar refractivity (Wildman–Crippen MR) is 60.9 cm³/mol. The highest BCUT2D eigenvalue weighted by atomic mass is 16.4. The number of para-hydroxylation sites is 1. The molecule has 2 rings (SSSR count). The largest absolute Gasteiger partial charge is 0.476 e. The van der Waals surface area contributed by atoms with Crippen molar-refractivity contribution < 1.29 is 9.90 Å². The monoisotopic (exact) mass is 214 g/mol. The molecule has 0 spiro atoms. The molecule has 1 aromatic carbocycles. The molecule has 1 heterocycles. The minimum Gasteiger partial charge on any atom is -0.476 e. The van der Waals surface area contributed by atoms with Gasteiger partial charge in [-0.25, -0.2) is 9.78 Å². The molecule has 0 aliphatic heterocycles. The highest BCUT2D eigenvalue weighted by Crippen LogP contribution is 2.18. The number of pyridine rings is 1. The van der Waals surface area contributed by atoms with Crippen molar-refractivity contribution in [3.63, 3.8) is 0 Å². The minimum atomic E-state index is -1.04. The third-order valence-electron chi connectivity index (χ3n) is 2.06. The van der Waals surface area contributed by atoms with E-state index in [-0.39, 0.29) is 5.69 Å². The number of aromatic nitrogens is 1. The van der Waals surface area contributed by atoms with Crippen LogP contribution in [0.15, 0.2) is 48.7 Å². The molecular weight excluding hydrogens is 204 g/mol. The van der Waals surface area contributed by atoms with Crippen molar-refractivity contribution in [3.05, 3.63) is 54.4 Å². The van der Waals surface area contributed by atoms with Gasteiger partial charge in [0.25, 0.3) is 0 Å². The molecule has 16 heavy (non-hydrogen) atoms. The second-order valence-electron chi connectivity index (χ2n) is 3.20. The summed E-state index contributed by atoms with van der Waals surface area (Å²) in [4.78, 5) is 14.7. The lowest BCUT2D eigenvalue weighted by molar-refractivity contribution is 0.0691. The Labute approximate surface area is 92.6 Å². The maximum atomic E-state index is 10.9. The van der Waals surface area contributed by atoms with Gasteiger partial charge in [-0.1, -0.05) is 18.2 Å². The fourth-order valence-electron chi connectivity index (χ4n) is 1.35. The quantitative estimate of drug-likeness (QED) is 0.824. The second kappa shape index (κ2) is 4.44. The maximum absolute atomic E-state index is 10.9. The van der Waals surface area contributed by atoms with Gasteiger partial charge in [0, 0.05) is 11.9 Å². The molecule has 0 atom stereocenters. The molecule has 0 radical (unpaired) electrons. The van der Waals surface area contributed by atoms with Crippen LogP contribution in [0.2, 0.25) is 0 Å². The van der Waals surface area contributed by atoms with Gasteiger partial charge in [-0.05, 0) is 24.3 Å². The zero-order valence-corrected chi connectivity index (χ0v) is 8.42. The van der Waals surface area contributed by atoms with Crippen LogP contribution in [0.4, 0.5) is 11.4 Å². The number of nitrogens with one attached hydrogen (secondary N) is 1. The van der Waals surface area contributed by atoms with Gasteiger partial charge in [-0.15, -0.1) is 0 Å². The van der Waals surface area contributed by atoms with Gasteiger partial charge in [-0.2, -0.15) is 0 Å². The Morgan fingerprint density at radius 1 is 1.12 bits per heavy atom. The van der Waals surface area contributed by atoms with E-state index in [4.69, 9.17) is 5.11 Å². The highest BCUT2D eigenvalue weighted by molar-refractivity contribution is 5.92. The van der Waals surface area contributed by atoms with Crippen molar-refractivity contribution in [1.29, 1.82) is 0 Å². The van der Waals surface area contributed by atoms with E-state index in [0.717, 1.165) is 5.69 Å². The van der Waals surface area contributed by atoms with Crippen molar-refractivity contribution >= 4 is 17.3 Å². The van der Waals surface area contributed by atoms with Crippen LogP contribution in [-0.4, -0.2) is 16.1 Å². The Hall–Kier alpha value is -2.36. The van der Waals surface area contributed by atoms with Crippen LogP contribution in [0.5, 0.6) is 0 Å². The van der Waals surface area contributed by atoms with Gasteiger partial charge in [0.1, 0.15) is 0 Å². The first kappa shape index (κ1) is 10.2. The zero-order chi connectivity index (χ0) is 11.4. The Kier molecular flexibility index (Phi) is 2.82. The molecule has 0 aliphatic carbocycles. The van der Waals surface area contributed by atoms with Crippen LogP contribution in [0.1, 0.15) is 10.5 Å². The average molecular weight is 214 g/mol. The Morgan fingerprint density at radius 3 is 2.56 bits per heavy atom. The van der Waals surface area contributed by atoms with Gasteiger partial charge >= 0.3 is 5.97 Å². The number of benzene rings is 1. The van der Waals surface area contributed by atoms with Crippen molar-refractivity contribution in [2.24, 2.45) is 0 Å². The summed E-state index contributed by atoms with van der Waals surface area (Å²) in [6.07, 6.45) is 1.46. The Morgan fingerprint density at radius 2 is 1.88 bits per heavy atom. The number of carbonyl (C=O) groups is 1. The molecule has 0 saturated carbocycles. The smallest absolute Gasteiger partial charge is 0.356 e. The molecule has 0 bridgehead atoms. The number of hydrogen-bond donors (Lipinski definition) is 2. The molecule has 2 aromatic rings. The topological polar surface area (TPSA) is 62.2 Å². The second-order valence-corrected chi connectivity index (χ2v) is 3.20. The fourth-order valence-corrected chi connectivity index (χ4v) is 1.35. The molecule has 0 fully saturated rings. The molecule has 4 nitrogen and oxygen atoms in total. The van der Waals surface area contributed by atoms with Crippen LogP contribution in [-0.2, 0) is 0 Å². The number of hydrogen-bond acceptors (Lipinski definition) is 3. The van der Waals surface area contributed by atoms with Crippen LogP contribution in [0.3, 0.4) is 0 Å². The summed E-state index contributed by atoms with van der Waals surface area (Å²) < 4.78 is 0. The summed E-state index contributed by atoms with van der Waals surface area (Å²) >= 11 is 0. The van der Waals surface area contributed by atoms with E-state index in [0.29, 0.717) is 5.69 Å². The van der Waals surface area contributed by atoms with E-state index in [9.17, 15) is 4.79 Å². The number of anilines is 2. The molecule has 1 aromatic heterocycles. The first-order valence-corrected chi connectivity index (χ1v) is 4.78. The highest BCUT2D eigenvalue weighted by Gasteiger charge is 2.10. The molecule has 80 valence electrons. The number of nitrogens with zero attached hydrogens (tertiary/aromatic N) is 1. The first-order chi connectivity index (χ1) is 7.77. The van der Waals surface area contributed by atoms with Gasteiger partial charge in [-0.3, -0.25) is 0 Å². The lowest BCUT2D eigenvalue weighted by atomic mass is 10.2. The molecule has 0 unspecified atom stereocenters. The lowest BCUT2D eigenvalue weighted by Crippen LogP contribution is -2.04. The normalized spacial score (nSPS) is 9.75. The van der Waals surface area contributed by atoms with Crippen LogP contribution >= 0.6 is 0 Å². The van der Waals surface area contributed by atoms with E-state index in [1.165, 1.54) is 6.20 Å². The van der Waals surface area contributed by atoms with Crippen molar-refractivity contribution in [3.8, 4) is 0 Å². The summed E-state index contributed by atoms with van der Waals surface area (Å²) in [5.74, 6) is -1.04. The van der Waals surface area contributed by atoms with E-state index >= 15 is 0 Å². The standard InChI is InChI=1S/C12H10N2O2/c15-12(16)11-10(7-4-8-13-11)14-9-5-2-1-3-6-9/h1-8,14H,(H,15,16).